The first kappa shape index (κ1) is 17.8. The van der Waals surface area contributed by atoms with Crippen molar-refractivity contribution in [1.29, 1.82) is 0 Å². The molecule has 0 aliphatic carbocycles. The van der Waals surface area contributed by atoms with Crippen LogP contribution in [0.1, 0.15) is 12.5 Å². The predicted octanol–water partition coefficient (Wildman–Crippen LogP) is 4.60. The first-order valence-electron chi connectivity index (χ1n) is 9.27. The summed E-state index contributed by atoms with van der Waals surface area (Å²) in [7, 11) is 0. The molecule has 5 heteroatoms. The highest BCUT2D eigenvalue weighted by atomic mass is 16.5. The number of aromatic nitrogens is 2. The molecule has 28 heavy (non-hydrogen) atoms. The quantitative estimate of drug-likeness (QED) is 0.520. The van der Waals surface area contributed by atoms with E-state index in [1.165, 1.54) is 0 Å². The Morgan fingerprint density at radius 3 is 2.57 bits per heavy atom. The molecule has 0 spiro atoms. The van der Waals surface area contributed by atoms with Crippen LogP contribution in [0.2, 0.25) is 0 Å². The SMILES string of the molecule is CCOc1ccc(-c2c[nH]c3ccnc(NCc4ccccc4)c3c2=O)cc1. The molecule has 2 aromatic carbocycles. The summed E-state index contributed by atoms with van der Waals surface area (Å²) >= 11 is 0. The van der Waals surface area contributed by atoms with Crippen LogP contribution in [0.25, 0.3) is 22.0 Å². The Labute approximate surface area is 163 Å². The summed E-state index contributed by atoms with van der Waals surface area (Å²) in [5.41, 5.74) is 3.27. The van der Waals surface area contributed by atoms with E-state index >= 15 is 0 Å². The number of fused-ring (bicyclic) bond motifs is 1. The minimum Gasteiger partial charge on any atom is -0.494 e. The van der Waals surface area contributed by atoms with Crippen molar-refractivity contribution in [3.63, 3.8) is 0 Å². The van der Waals surface area contributed by atoms with E-state index in [9.17, 15) is 4.79 Å². The van der Waals surface area contributed by atoms with E-state index in [-0.39, 0.29) is 5.43 Å². The zero-order chi connectivity index (χ0) is 19.3. The van der Waals surface area contributed by atoms with E-state index in [1.807, 2.05) is 67.6 Å². The summed E-state index contributed by atoms with van der Waals surface area (Å²) in [6.07, 6.45) is 3.45. The lowest BCUT2D eigenvalue weighted by atomic mass is 10.0. The Morgan fingerprint density at radius 2 is 1.82 bits per heavy atom. The fourth-order valence-corrected chi connectivity index (χ4v) is 3.19. The van der Waals surface area contributed by atoms with E-state index in [1.54, 1.807) is 12.4 Å². The molecule has 0 amide bonds. The second kappa shape index (κ2) is 7.96. The van der Waals surface area contributed by atoms with Crippen LogP contribution in [0.3, 0.4) is 0 Å². The molecule has 0 atom stereocenters. The lowest BCUT2D eigenvalue weighted by molar-refractivity contribution is 0.340. The van der Waals surface area contributed by atoms with Crippen LogP contribution >= 0.6 is 0 Å². The monoisotopic (exact) mass is 371 g/mol. The van der Waals surface area contributed by atoms with Gasteiger partial charge in [0.15, 0.2) is 0 Å². The summed E-state index contributed by atoms with van der Waals surface area (Å²) in [4.78, 5) is 20.9. The fraction of sp³-hybridized carbons (Fsp3) is 0.130. The second-order valence-corrected chi connectivity index (χ2v) is 6.41. The van der Waals surface area contributed by atoms with Crippen LogP contribution in [0.4, 0.5) is 5.82 Å². The number of nitrogens with one attached hydrogen (secondary N) is 2. The summed E-state index contributed by atoms with van der Waals surface area (Å²) in [6, 6.07) is 19.4. The molecule has 5 nitrogen and oxygen atoms in total. The highest BCUT2D eigenvalue weighted by molar-refractivity contribution is 5.91. The van der Waals surface area contributed by atoms with Gasteiger partial charge in [-0.15, -0.1) is 0 Å². The van der Waals surface area contributed by atoms with Gasteiger partial charge in [0.1, 0.15) is 11.6 Å². The van der Waals surface area contributed by atoms with E-state index < -0.39 is 0 Å². The molecule has 0 aliphatic rings. The molecular weight excluding hydrogens is 350 g/mol. The molecule has 0 saturated heterocycles. The van der Waals surface area contributed by atoms with Crippen molar-refractivity contribution in [1.82, 2.24) is 9.97 Å². The molecule has 0 unspecified atom stereocenters. The number of H-pyrrole nitrogens is 1. The summed E-state index contributed by atoms with van der Waals surface area (Å²) in [5.74, 6) is 1.37. The van der Waals surface area contributed by atoms with Gasteiger partial charge in [0.05, 0.1) is 17.5 Å². The normalized spacial score (nSPS) is 10.8. The van der Waals surface area contributed by atoms with Crippen molar-refractivity contribution < 1.29 is 4.74 Å². The standard InChI is InChI=1S/C23H21N3O2/c1-2-28-18-10-8-17(9-11-18)19-15-25-20-12-13-24-23(21(20)22(19)27)26-14-16-6-4-3-5-7-16/h3-13,15H,2,14H2,1H3,(H,24,26)(H,25,27). The van der Waals surface area contributed by atoms with E-state index in [0.29, 0.717) is 29.9 Å². The van der Waals surface area contributed by atoms with Gasteiger partial charge >= 0.3 is 0 Å². The van der Waals surface area contributed by atoms with Gasteiger partial charge in [0, 0.05) is 24.5 Å². The van der Waals surface area contributed by atoms with Crippen molar-refractivity contribution in [3.8, 4) is 16.9 Å². The van der Waals surface area contributed by atoms with Gasteiger partial charge in [-0.3, -0.25) is 4.79 Å². The predicted molar refractivity (Wildman–Crippen MR) is 113 cm³/mol. The number of benzene rings is 2. The van der Waals surface area contributed by atoms with Crippen LogP contribution in [0.15, 0.2) is 77.9 Å². The number of anilines is 1. The number of hydrogen-bond acceptors (Lipinski definition) is 4. The summed E-state index contributed by atoms with van der Waals surface area (Å²) in [5, 5.41) is 3.86. The maximum Gasteiger partial charge on any atom is 0.200 e. The molecule has 2 aromatic heterocycles. The van der Waals surface area contributed by atoms with Crippen LogP contribution in [0.5, 0.6) is 5.75 Å². The number of hydrogen-bond donors (Lipinski definition) is 2. The third kappa shape index (κ3) is 3.60. The van der Waals surface area contributed by atoms with Gasteiger partial charge in [-0.2, -0.15) is 0 Å². The van der Waals surface area contributed by atoms with Gasteiger partial charge in [-0.1, -0.05) is 42.5 Å². The Bertz CT molecular complexity index is 1140. The first-order valence-corrected chi connectivity index (χ1v) is 9.27. The van der Waals surface area contributed by atoms with Crippen LogP contribution in [-0.4, -0.2) is 16.6 Å². The number of aromatic amines is 1. The number of pyridine rings is 2. The van der Waals surface area contributed by atoms with Crippen molar-refractivity contribution in [2.75, 3.05) is 11.9 Å². The third-order valence-electron chi connectivity index (χ3n) is 4.57. The number of rotatable bonds is 6. The van der Waals surface area contributed by atoms with Crippen LogP contribution in [-0.2, 0) is 6.54 Å². The Balaban J connectivity index is 1.72. The van der Waals surface area contributed by atoms with Gasteiger partial charge in [0.25, 0.3) is 0 Å². The summed E-state index contributed by atoms with van der Waals surface area (Å²) in [6.45, 7) is 3.15. The van der Waals surface area contributed by atoms with Crippen molar-refractivity contribution >= 4 is 16.7 Å². The van der Waals surface area contributed by atoms with Gasteiger partial charge in [0.2, 0.25) is 5.43 Å². The Morgan fingerprint density at radius 1 is 1.04 bits per heavy atom. The van der Waals surface area contributed by atoms with Crippen LogP contribution < -0.4 is 15.5 Å². The molecule has 4 aromatic rings. The van der Waals surface area contributed by atoms with Crippen LogP contribution in [0, 0.1) is 0 Å². The fourth-order valence-electron chi connectivity index (χ4n) is 3.19. The molecule has 0 saturated carbocycles. The van der Waals surface area contributed by atoms with Crippen molar-refractivity contribution in [2.24, 2.45) is 0 Å². The van der Waals surface area contributed by atoms with E-state index in [2.05, 4.69) is 15.3 Å². The zero-order valence-corrected chi connectivity index (χ0v) is 15.6. The molecule has 4 rings (SSSR count). The Kier molecular flexibility index (Phi) is 5.06. The molecule has 0 bridgehead atoms. The third-order valence-corrected chi connectivity index (χ3v) is 4.57. The number of ether oxygens (including phenoxy) is 1. The topological polar surface area (TPSA) is 67.0 Å². The van der Waals surface area contributed by atoms with E-state index in [4.69, 9.17) is 4.74 Å². The Hall–Kier alpha value is -3.60. The maximum absolute atomic E-state index is 13.2. The van der Waals surface area contributed by atoms with E-state index in [0.717, 1.165) is 22.4 Å². The zero-order valence-electron chi connectivity index (χ0n) is 15.6. The summed E-state index contributed by atoms with van der Waals surface area (Å²) < 4.78 is 5.48. The van der Waals surface area contributed by atoms with Gasteiger partial charge in [-0.25, -0.2) is 4.98 Å². The lowest BCUT2D eigenvalue weighted by Gasteiger charge is -2.10. The molecule has 0 fully saturated rings. The van der Waals surface area contributed by atoms with Gasteiger partial charge in [-0.05, 0) is 36.2 Å². The molecular formula is C23H21N3O2. The molecule has 0 radical (unpaired) electrons. The van der Waals surface area contributed by atoms with Crippen molar-refractivity contribution in [3.05, 3.63) is 88.8 Å². The molecule has 140 valence electrons. The molecule has 2 heterocycles. The second-order valence-electron chi connectivity index (χ2n) is 6.41. The minimum absolute atomic E-state index is 0.0541. The smallest absolute Gasteiger partial charge is 0.200 e. The molecule has 2 N–H and O–H groups in total. The van der Waals surface area contributed by atoms with Gasteiger partial charge < -0.3 is 15.0 Å². The average molecular weight is 371 g/mol. The largest absolute Gasteiger partial charge is 0.494 e. The minimum atomic E-state index is -0.0541. The lowest BCUT2D eigenvalue weighted by Crippen LogP contribution is -2.11. The highest BCUT2D eigenvalue weighted by Gasteiger charge is 2.12. The highest BCUT2D eigenvalue weighted by Crippen LogP contribution is 2.23. The number of nitrogens with zero attached hydrogens (tertiary/aromatic N) is 1. The molecule has 0 aliphatic heterocycles. The van der Waals surface area contributed by atoms with Crippen molar-refractivity contribution in [2.45, 2.75) is 13.5 Å². The average Bonchev–Trinajstić information content (AvgIpc) is 2.74. The maximum atomic E-state index is 13.2. The first-order chi connectivity index (χ1) is 13.8.